The summed E-state index contributed by atoms with van der Waals surface area (Å²) in [5.41, 5.74) is 6.25. The predicted octanol–water partition coefficient (Wildman–Crippen LogP) is 5.04. The fraction of sp³-hybridized carbons (Fsp3) is 0.148. The summed E-state index contributed by atoms with van der Waals surface area (Å²) in [7, 11) is 0. The first-order chi connectivity index (χ1) is 17.1. The Morgan fingerprint density at radius 1 is 0.914 bits per heavy atom. The van der Waals surface area contributed by atoms with Crippen molar-refractivity contribution in [3.63, 3.8) is 0 Å². The number of nitrogens with one attached hydrogen (secondary N) is 4. The Morgan fingerprint density at radius 3 is 2.63 bits per heavy atom. The molecule has 5 rings (SSSR count). The topological polar surface area (TPSA) is 108 Å². The van der Waals surface area contributed by atoms with Crippen LogP contribution >= 0.6 is 0 Å². The van der Waals surface area contributed by atoms with Crippen molar-refractivity contribution in [2.75, 3.05) is 17.2 Å². The van der Waals surface area contributed by atoms with Crippen molar-refractivity contribution in [1.82, 2.24) is 20.3 Å². The minimum atomic E-state index is -0.476. The normalized spacial score (nSPS) is 11.0. The van der Waals surface area contributed by atoms with Gasteiger partial charge in [0.2, 0.25) is 5.95 Å². The zero-order valence-corrected chi connectivity index (χ0v) is 19.3. The number of aromatic nitrogens is 3. The maximum atomic E-state index is 11.4. The molecule has 0 aliphatic carbocycles. The molecule has 5 aromatic rings. The molecule has 2 aromatic heterocycles. The largest absolute Gasteiger partial charge is 0.417 e. The van der Waals surface area contributed by atoms with Gasteiger partial charge < -0.3 is 20.4 Å². The van der Waals surface area contributed by atoms with Crippen molar-refractivity contribution >= 4 is 34.2 Å². The van der Waals surface area contributed by atoms with Crippen LogP contribution in [-0.2, 0) is 13.0 Å². The number of aryl methyl sites for hydroxylation is 1. The van der Waals surface area contributed by atoms with Crippen LogP contribution in [0, 0.1) is 6.92 Å². The van der Waals surface area contributed by atoms with Gasteiger partial charge in [-0.05, 0) is 61.3 Å². The first-order valence-corrected chi connectivity index (χ1v) is 11.5. The van der Waals surface area contributed by atoms with Crippen molar-refractivity contribution in [1.29, 1.82) is 0 Å². The van der Waals surface area contributed by atoms with Crippen LogP contribution in [0.15, 0.2) is 88.2 Å². The number of H-pyrrole nitrogens is 1. The highest BCUT2D eigenvalue weighted by molar-refractivity contribution is 5.78. The number of benzene rings is 3. The van der Waals surface area contributed by atoms with Gasteiger partial charge in [-0.1, -0.05) is 42.5 Å². The van der Waals surface area contributed by atoms with E-state index in [2.05, 4.69) is 67.3 Å². The molecule has 0 atom stereocenters. The Kier molecular flexibility index (Phi) is 6.54. The summed E-state index contributed by atoms with van der Waals surface area (Å²) in [5.74, 6) is 0.695. The summed E-state index contributed by atoms with van der Waals surface area (Å²) in [6, 6.07) is 24.0. The van der Waals surface area contributed by atoms with E-state index < -0.39 is 5.76 Å². The lowest BCUT2D eigenvalue weighted by Crippen LogP contribution is -2.16. The van der Waals surface area contributed by atoms with Crippen molar-refractivity contribution in [3.05, 3.63) is 106 Å². The quantitative estimate of drug-likeness (QED) is 0.225. The van der Waals surface area contributed by atoms with E-state index in [1.165, 1.54) is 11.1 Å². The summed E-state index contributed by atoms with van der Waals surface area (Å²) in [5, 5.41) is 10.1. The van der Waals surface area contributed by atoms with Gasteiger partial charge in [0.05, 0.1) is 5.52 Å². The molecule has 3 aromatic carbocycles. The molecule has 0 aliphatic rings. The smallest absolute Gasteiger partial charge is 0.408 e. The van der Waals surface area contributed by atoms with E-state index in [1.54, 1.807) is 12.3 Å². The number of hydrogen-bond donors (Lipinski definition) is 4. The van der Waals surface area contributed by atoms with E-state index in [0.29, 0.717) is 22.9 Å². The van der Waals surface area contributed by atoms with Crippen LogP contribution in [0.1, 0.15) is 16.7 Å². The molecule has 176 valence electrons. The number of rotatable bonds is 9. The van der Waals surface area contributed by atoms with Crippen LogP contribution in [0.3, 0.4) is 0 Å². The lowest BCUT2D eigenvalue weighted by atomic mass is 10.1. The highest BCUT2D eigenvalue weighted by Gasteiger charge is 2.08. The molecule has 0 saturated heterocycles. The molecule has 0 fully saturated rings. The molecule has 4 N–H and O–H groups in total. The van der Waals surface area contributed by atoms with Gasteiger partial charge in [0.15, 0.2) is 5.58 Å². The Bertz CT molecular complexity index is 1490. The first kappa shape index (κ1) is 22.4. The van der Waals surface area contributed by atoms with E-state index in [-0.39, 0.29) is 0 Å². The molecule has 0 bridgehead atoms. The van der Waals surface area contributed by atoms with Gasteiger partial charge in [0.25, 0.3) is 0 Å². The molecule has 8 nitrogen and oxygen atoms in total. The number of oxazole rings is 1. The van der Waals surface area contributed by atoms with Crippen LogP contribution < -0.4 is 21.7 Å². The highest BCUT2D eigenvalue weighted by Crippen LogP contribution is 2.23. The van der Waals surface area contributed by atoms with Crippen molar-refractivity contribution in [3.8, 4) is 0 Å². The minimum absolute atomic E-state index is 0.476. The second-order valence-electron chi connectivity index (χ2n) is 8.31. The second-order valence-corrected chi connectivity index (χ2v) is 8.31. The highest BCUT2D eigenvalue weighted by atomic mass is 16.4. The molecule has 0 aliphatic heterocycles. The van der Waals surface area contributed by atoms with Crippen LogP contribution in [0.2, 0.25) is 0 Å². The summed E-state index contributed by atoms with van der Waals surface area (Å²) >= 11 is 0. The second kappa shape index (κ2) is 10.2. The summed E-state index contributed by atoms with van der Waals surface area (Å²) < 4.78 is 5.06. The molecule has 0 unspecified atom stereocenters. The molecule has 0 radical (unpaired) electrons. The Labute approximate surface area is 202 Å². The predicted molar refractivity (Wildman–Crippen MR) is 138 cm³/mol. The monoisotopic (exact) mass is 466 g/mol. The Balaban J connectivity index is 1.22. The van der Waals surface area contributed by atoms with Crippen LogP contribution in [0.25, 0.3) is 11.1 Å². The maximum absolute atomic E-state index is 11.4. The SMILES string of the molecule is Cc1cnc(Nc2cccc(CCNCc3ccccc3)c2)nc1Nc1ccc2oc(=O)[nH]c2c1. The molecule has 8 heteroatoms. The van der Waals surface area contributed by atoms with E-state index in [4.69, 9.17) is 4.42 Å². The zero-order valence-electron chi connectivity index (χ0n) is 19.3. The number of nitrogens with zero attached hydrogens (tertiary/aromatic N) is 2. The van der Waals surface area contributed by atoms with E-state index in [9.17, 15) is 4.79 Å². The van der Waals surface area contributed by atoms with Crippen LogP contribution in [0.5, 0.6) is 0 Å². The Morgan fingerprint density at radius 2 is 1.74 bits per heavy atom. The van der Waals surface area contributed by atoms with Gasteiger partial charge in [-0.15, -0.1) is 0 Å². The maximum Gasteiger partial charge on any atom is 0.417 e. The van der Waals surface area contributed by atoms with Crippen molar-refractivity contribution in [2.45, 2.75) is 19.9 Å². The summed E-state index contributed by atoms with van der Waals surface area (Å²) in [4.78, 5) is 23.2. The number of hydrogen-bond acceptors (Lipinski definition) is 7. The van der Waals surface area contributed by atoms with Gasteiger partial charge in [-0.3, -0.25) is 4.98 Å². The van der Waals surface area contributed by atoms with Gasteiger partial charge in [-0.2, -0.15) is 4.98 Å². The molecule has 2 heterocycles. The van der Waals surface area contributed by atoms with E-state index >= 15 is 0 Å². The molecular weight excluding hydrogens is 440 g/mol. The molecular formula is C27H26N6O2. The number of anilines is 4. The average Bonchev–Trinajstić information content (AvgIpc) is 3.24. The van der Waals surface area contributed by atoms with Crippen molar-refractivity contribution in [2.24, 2.45) is 0 Å². The van der Waals surface area contributed by atoms with E-state index in [1.807, 2.05) is 37.3 Å². The summed E-state index contributed by atoms with van der Waals surface area (Å²) in [6.07, 6.45) is 2.69. The fourth-order valence-electron chi connectivity index (χ4n) is 3.79. The first-order valence-electron chi connectivity index (χ1n) is 11.5. The molecule has 0 spiro atoms. The zero-order chi connectivity index (χ0) is 24.0. The third-order valence-corrected chi connectivity index (χ3v) is 5.60. The van der Waals surface area contributed by atoms with Gasteiger partial charge in [0.1, 0.15) is 5.82 Å². The van der Waals surface area contributed by atoms with Crippen LogP contribution in [0.4, 0.5) is 23.1 Å². The van der Waals surface area contributed by atoms with Crippen molar-refractivity contribution < 1.29 is 4.42 Å². The molecule has 0 saturated carbocycles. The number of fused-ring (bicyclic) bond motifs is 1. The standard InChI is InChI=1S/C27H26N6O2/c1-18-16-29-26(33-25(18)30-22-10-11-24-23(15-22)32-27(34)35-24)31-21-9-5-8-19(14-21)12-13-28-17-20-6-3-2-4-7-20/h2-11,14-16,28H,12-13,17H2,1H3,(H,32,34)(H2,29,30,31,33). The average molecular weight is 467 g/mol. The minimum Gasteiger partial charge on any atom is -0.408 e. The van der Waals surface area contributed by atoms with Crippen LogP contribution in [-0.4, -0.2) is 21.5 Å². The lowest BCUT2D eigenvalue weighted by Gasteiger charge is -2.12. The molecule has 35 heavy (non-hydrogen) atoms. The third kappa shape index (κ3) is 5.74. The summed E-state index contributed by atoms with van der Waals surface area (Å²) in [6.45, 7) is 3.68. The lowest BCUT2D eigenvalue weighted by molar-refractivity contribution is 0.555. The van der Waals surface area contributed by atoms with E-state index in [0.717, 1.165) is 36.4 Å². The van der Waals surface area contributed by atoms with Gasteiger partial charge in [-0.25, -0.2) is 9.78 Å². The third-order valence-electron chi connectivity index (χ3n) is 5.60. The van der Waals surface area contributed by atoms with Gasteiger partial charge >= 0.3 is 5.76 Å². The molecule has 0 amide bonds. The fourth-order valence-corrected chi connectivity index (χ4v) is 3.79. The van der Waals surface area contributed by atoms with Gasteiger partial charge in [0, 0.05) is 29.7 Å². The number of aromatic amines is 1. The Hall–Kier alpha value is -4.43.